The number of amides is 1. The van der Waals surface area contributed by atoms with E-state index >= 15 is 0 Å². The molecule has 2 rings (SSSR count). The molecule has 0 aliphatic rings. The van der Waals surface area contributed by atoms with E-state index in [4.69, 9.17) is 5.73 Å². The fraction of sp³-hybridized carbons (Fsp3) is 0.231. The van der Waals surface area contributed by atoms with Crippen LogP contribution < -0.4 is 11.1 Å². The SMILES string of the molecule is Nc1ccccc1NC(=O)CCCn1cccn1. The van der Waals surface area contributed by atoms with E-state index in [1.54, 1.807) is 18.3 Å². The number of carbonyl (C=O) groups is 1. The maximum Gasteiger partial charge on any atom is 0.224 e. The molecule has 0 atom stereocenters. The number of para-hydroxylation sites is 2. The van der Waals surface area contributed by atoms with Gasteiger partial charge in [-0.15, -0.1) is 0 Å². The molecule has 0 aliphatic heterocycles. The molecule has 18 heavy (non-hydrogen) atoms. The molecule has 0 spiro atoms. The van der Waals surface area contributed by atoms with Crippen molar-refractivity contribution in [1.82, 2.24) is 9.78 Å². The summed E-state index contributed by atoms with van der Waals surface area (Å²) in [5, 5.41) is 6.87. The van der Waals surface area contributed by atoms with Crippen LogP contribution in [0, 0.1) is 0 Å². The molecule has 1 amide bonds. The quantitative estimate of drug-likeness (QED) is 0.789. The lowest BCUT2D eigenvalue weighted by atomic mass is 10.2. The number of hydrogen-bond donors (Lipinski definition) is 2. The van der Waals surface area contributed by atoms with E-state index in [1.165, 1.54) is 0 Å². The molecule has 2 aromatic rings. The third kappa shape index (κ3) is 3.35. The molecule has 94 valence electrons. The number of hydrogen-bond acceptors (Lipinski definition) is 3. The molecular formula is C13H16N4O. The fourth-order valence-corrected chi connectivity index (χ4v) is 1.66. The minimum absolute atomic E-state index is 0.0277. The van der Waals surface area contributed by atoms with E-state index < -0.39 is 0 Å². The van der Waals surface area contributed by atoms with Crippen molar-refractivity contribution in [1.29, 1.82) is 0 Å². The molecule has 0 saturated heterocycles. The van der Waals surface area contributed by atoms with Gasteiger partial charge in [0.2, 0.25) is 5.91 Å². The number of nitrogens with one attached hydrogen (secondary N) is 1. The first kappa shape index (κ1) is 12.2. The molecule has 0 unspecified atom stereocenters. The highest BCUT2D eigenvalue weighted by Crippen LogP contribution is 2.16. The summed E-state index contributed by atoms with van der Waals surface area (Å²) in [6, 6.07) is 9.10. The molecule has 1 heterocycles. The molecule has 0 bridgehead atoms. The van der Waals surface area contributed by atoms with Crippen molar-refractivity contribution >= 4 is 17.3 Å². The van der Waals surface area contributed by atoms with E-state index in [0.29, 0.717) is 17.8 Å². The van der Waals surface area contributed by atoms with Gasteiger partial charge in [0.25, 0.3) is 0 Å². The number of nitrogens with zero attached hydrogens (tertiary/aromatic N) is 2. The standard InChI is InChI=1S/C13H16N4O/c14-11-5-1-2-6-12(11)16-13(18)7-3-9-17-10-4-8-15-17/h1-2,4-6,8,10H,3,7,9,14H2,(H,16,18). The van der Waals surface area contributed by atoms with Crippen LogP contribution in [0.3, 0.4) is 0 Å². The number of nitrogen functional groups attached to an aromatic ring is 1. The molecule has 1 aromatic carbocycles. The van der Waals surface area contributed by atoms with Crippen LogP contribution in [0.15, 0.2) is 42.7 Å². The summed E-state index contributed by atoms with van der Waals surface area (Å²) in [7, 11) is 0. The molecule has 1 aromatic heterocycles. The molecule has 5 heteroatoms. The van der Waals surface area contributed by atoms with Crippen molar-refractivity contribution < 1.29 is 4.79 Å². The van der Waals surface area contributed by atoms with Gasteiger partial charge in [0.15, 0.2) is 0 Å². The van der Waals surface area contributed by atoms with Crippen LogP contribution in [0.2, 0.25) is 0 Å². The summed E-state index contributed by atoms with van der Waals surface area (Å²) >= 11 is 0. The molecule has 3 N–H and O–H groups in total. The first-order valence-electron chi connectivity index (χ1n) is 5.87. The zero-order valence-corrected chi connectivity index (χ0v) is 10.0. The number of anilines is 2. The Hall–Kier alpha value is -2.30. The van der Waals surface area contributed by atoms with Crippen molar-refractivity contribution in [2.45, 2.75) is 19.4 Å². The smallest absolute Gasteiger partial charge is 0.224 e. The maximum absolute atomic E-state index is 11.7. The van der Waals surface area contributed by atoms with E-state index in [0.717, 1.165) is 13.0 Å². The summed E-state index contributed by atoms with van der Waals surface area (Å²) in [5.41, 5.74) is 7.00. The molecule has 0 fully saturated rings. The number of aryl methyl sites for hydroxylation is 1. The Morgan fingerprint density at radius 2 is 2.17 bits per heavy atom. The van der Waals surface area contributed by atoms with Gasteiger partial charge in [-0.25, -0.2) is 0 Å². The van der Waals surface area contributed by atoms with E-state index in [-0.39, 0.29) is 5.91 Å². The molecule has 0 radical (unpaired) electrons. The van der Waals surface area contributed by atoms with Gasteiger partial charge in [0.1, 0.15) is 0 Å². The lowest BCUT2D eigenvalue weighted by molar-refractivity contribution is -0.116. The van der Waals surface area contributed by atoms with Gasteiger partial charge in [0.05, 0.1) is 11.4 Å². The normalized spacial score (nSPS) is 10.2. The molecule has 0 aliphatic carbocycles. The lowest BCUT2D eigenvalue weighted by Crippen LogP contribution is -2.13. The Morgan fingerprint density at radius 3 is 2.89 bits per heavy atom. The van der Waals surface area contributed by atoms with Crippen LogP contribution in [0.1, 0.15) is 12.8 Å². The second-order valence-electron chi connectivity index (χ2n) is 4.01. The van der Waals surface area contributed by atoms with Crippen molar-refractivity contribution in [2.75, 3.05) is 11.1 Å². The first-order chi connectivity index (χ1) is 8.75. The van der Waals surface area contributed by atoms with Crippen LogP contribution in [0.5, 0.6) is 0 Å². The zero-order valence-electron chi connectivity index (χ0n) is 10.0. The highest BCUT2D eigenvalue weighted by Gasteiger charge is 2.04. The van der Waals surface area contributed by atoms with Gasteiger partial charge in [-0.05, 0) is 24.6 Å². The summed E-state index contributed by atoms with van der Waals surface area (Å²) in [6.45, 7) is 0.741. The maximum atomic E-state index is 11.7. The molecule has 5 nitrogen and oxygen atoms in total. The molecular weight excluding hydrogens is 228 g/mol. The number of nitrogens with two attached hydrogens (primary N) is 1. The number of carbonyl (C=O) groups excluding carboxylic acids is 1. The zero-order chi connectivity index (χ0) is 12.8. The second kappa shape index (κ2) is 5.86. The van der Waals surface area contributed by atoms with Gasteiger partial charge in [-0.1, -0.05) is 12.1 Å². The van der Waals surface area contributed by atoms with Gasteiger partial charge >= 0.3 is 0 Å². The molecule has 0 saturated carbocycles. The van der Waals surface area contributed by atoms with Crippen molar-refractivity contribution in [3.8, 4) is 0 Å². The van der Waals surface area contributed by atoms with Gasteiger partial charge in [0, 0.05) is 25.4 Å². The highest BCUT2D eigenvalue weighted by atomic mass is 16.1. The van der Waals surface area contributed by atoms with Crippen molar-refractivity contribution in [3.05, 3.63) is 42.7 Å². The first-order valence-corrected chi connectivity index (χ1v) is 5.87. The van der Waals surface area contributed by atoms with Gasteiger partial charge < -0.3 is 11.1 Å². The second-order valence-corrected chi connectivity index (χ2v) is 4.01. The van der Waals surface area contributed by atoms with E-state index in [9.17, 15) is 4.79 Å². The minimum atomic E-state index is -0.0277. The number of aromatic nitrogens is 2. The number of rotatable bonds is 5. The largest absolute Gasteiger partial charge is 0.397 e. The van der Waals surface area contributed by atoms with Crippen LogP contribution >= 0.6 is 0 Å². The summed E-state index contributed by atoms with van der Waals surface area (Å²) in [4.78, 5) is 11.7. The third-order valence-electron chi connectivity index (χ3n) is 2.59. The summed E-state index contributed by atoms with van der Waals surface area (Å²) in [5.74, 6) is -0.0277. The van der Waals surface area contributed by atoms with Crippen molar-refractivity contribution in [3.63, 3.8) is 0 Å². The summed E-state index contributed by atoms with van der Waals surface area (Å²) in [6.07, 6.45) is 4.81. The summed E-state index contributed by atoms with van der Waals surface area (Å²) < 4.78 is 1.81. The third-order valence-corrected chi connectivity index (χ3v) is 2.59. The minimum Gasteiger partial charge on any atom is -0.397 e. The monoisotopic (exact) mass is 244 g/mol. The van der Waals surface area contributed by atoms with Crippen LogP contribution in [-0.2, 0) is 11.3 Å². The van der Waals surface area contributed by atoms with Crippen molar-refractivity contribution in [2.24, 2.45) is 0 Å². The number of benzene rings is 1. The Labute approximate surface area is 106 Å². The predicted octanol–water partition coefficient (Wildman–Crippen LogP) is 1.88. The average molecular weight is 244 g/mol. The van der Waals surface area contributed by atoms with E-state index in [2.05, 4.69) is 10.4 Å². The average Bonchev–Trinajstić information content (AvgIpc) is 2.85. The lowest BCUT2D eigenvalue weighted by Gasteiger charge is -2.07. The van der Waals surface area contributed by atoms with Crippen LogP contribution in [0.4, 0.5) is 11.4 Å². The van der Waals surface area contributed by atoms with Gasteiger partial charge in [-0.2, -0.15) is 5.10 Å². The Bertz CT molecular complexity index is 507. The van der Waals surface area contributed by atoms with Crippen LogP contribution in [-0.4, -0.2) is 15.7 Å². The topological polar surface area (TPSA) is 72.9 Å². The predicted molar refractivity (Wildman–Crippen MR) is 70.9 cm³/mol. The fourth-order valence-electron chi connectivity index (χ4n) is 1.66. The Morgan fingerprint density at radius 1 is 1.33 bits per heavy atom. The Kier molecular flexibility index (Phi) is 3.96. The van der Waals surface area contributed by atoms with Crippen LogP contribution in [0.25, 0.3) is 0 Å². The van der Waals surface area contributed by atoms with E-state index in [1.807, 2.05) is 29.1 Å². The highest BCUT2D eigenvalue weighted by molar-refractivity contribution is 5.93. The van der Waals surface area contributed by atoms with Gasteiger partial charge in [-0.3, -0.25) is 9.48 Å². The Balaban J connectivity index is 1.77.